The molecule has 0 aliphatic carbocycles. The summed E-state index contributed by atoms with van der Waals surface area (Å²) in [6, 6.07) is 15.0. The highest BCUT2D eigenvalue weighted by molar-refractivity contribution is 7.89. The van der Waals surface area contributed by atoms with Gasteiger partial charge in [0.25, 0.3) is 5.69 Å². The maximum atomic E-state index is 12.5. The molecule has 0 radical (unpaired) electrons. The summed E-state index contributed by atoms with van der Waals surface area (Å²) in [5.41, 5.74) is 0.115. The summed E-state index contributed by atoms with van der Waals surface area (Å²) in [5, 5.41) is 12.9. The SMILES string of the molecule is O=C(OCc1ccccc1[N+](=O)[O-])c1cccc(S(=O)(=O)NCc2cccs2)c1. The molecule has 0 atom stereocenters. The Labute approximate surface area is 171 Å². The third-order valence-corrected chi connectivity index (χ3v) is 6.22. The summed E-state index contributed by atoms with van der Waals surface area (Å²) in [7, 11) is -3.82. The molecule has 0 bridgehead atoms. The molecule has 0 saturated carbocycles. The molecule has 3 aromatic rings. The minimum absolute atomic E-state index is 0.0302. The number of rotatable bonds is 8. The summed E-state index contributed by atoms with van der Waals surface area (Å²) >= 11 is 1.43. The summed E-state index contributed by atoms with van der Waals surface area (Å²) < 4.78 is 32.5. The van der Waals surface area contributed by atoms with Gasteiger partial charge < -0.3 is 4.74 Å². The zero-order valence-electron chi connectivity index (χ0n) is 15.0. The van der Waals surface area contributed by atoms with Gasteiger partial charge in [-0.1, -0.05) is 24.3 Å². The van der Waals surface area contributed by atoms with Crippen LogP contribution >= 0.6 is 11.3 Å². The fraction of sp³-hybridized carbons (Fsp3) is 0.105. The van der Waals surface area contributed by atoms with Crippen LogP contribution in [0.1, 0.15) is 20.8 Å². The van der Waals surface area contributed by atoms with Crippen molar-refractivity contribution < 1.29 is 22.9 Å². The number of hydrogen-bond donors (Lipinski definition) is 1. The Kier molecular flexibility index (Phi) is 6.37. The van der Waals surface area contributed by atoms with Gasteiger partial charge in [0.15, 0.2) is 0 Å². The van der Waals surface area contributed by atoms with E-state index in [0.29, 0.717) is 0 Å². The number of thiophene rings is 1. The monoisotopic (exact) mass is 432 g/mol. The van der Waals surface area contributed by atoms with Crippen molar-refractivity contribution in [2.45, 2.75) is 18.0 Å². The van der Waals surface area contributed by atoms with Gasteiger partial charge in [-0.3, -0.25) is 10.1 Å². The summed E-state index contributed by atoms with van der Waals surface area (Å²) in [6.45, 7) is -0.157. The average Bonchev–Trinajstić information content (AvgIpc) is 3.24. The van der Waals surface area contributed by atoms with Crippen molar-refractivity contribution in [3.63, 3.8) is 0 Å². The molecule has 1 N–H and O–H groups in total. The molecule has 0 aliphatic heterocycles. The van der Waals surface area contributed by atoms with Crippen LogP contribution < -0.4 is 4.72 Å². The number of carbonyl (C=O) groups excluding carboxylic acids is 1. The lowest BCUT2D eigenvalue weighted by molar-refractivity contribution is -0.385. The molecule has 0 aliphatic rings. The molecular weight excluding hydrogens is 416 g/mol. The van der Waals surface area contributed by atoms with Crippen LogP contribution in [0.5, 0.6) is 0 Å². The molecule has 2 aromatic carbocycles. The van der Waals surface area contributed by atoms with Gasteiger partial charge in [0.05, 0.1) is 20.9 Å². The van der Waals surface area contributed by atoms with E-state index in [1.54, 1.807) is 6.07 Å². The van der Waals surface area contributed by atoms with Crippen LogP contribution in [0.15, 0.2) is 70.9 Å². The molecule has 0 spiro atoms. The topological polar surface area (TPSA) is 116 Å². The molecule has 0 saturated heterocycles. The first-order valence-corrected chi connectivity index (χ1v) is 10.7. The largest absolute Gasteiger partial charge is 0.457 e. The van der Waals surface area contributed by atoms with Crippen LogP contribution in [0.3, 0.4) is 0 Å². The molecule has 150 valence electrons. The Morgan fingerprint density at radius 1 is 1.10 bits per heavy atom. The fourth-order valence-electron chi connectivity index (χ4n) is 2.49. The van der Waals surface area contributed by atoms with Crippen LogP contribution in [0.25, 0.3) is 0 Å². The Morgan fingerprint density at radius 3 is 2.62 bits per heavy atom. The quantitative estimate of drug-likeness (QED) is 0.331. The minimum Gasteiger partial charge on any atom is -0.457 e. The van der Waals surface area contributed by atoms with E-state index in [1.807, 2.05) is 17.5 Å². The minimum atomic E-state index is -3.82. The van der Waals surface area contributed by atoms with Gasteiger partial charge in [-0.2, -0.15) is 0 Å². The van der Waals surface area contributed by atoms with E-state index in [2.05, 4.69) is 4.72 Å². The Bertz CT molecular complexity index is 1130. The molecule has 29 heavy (non-hydrogen) atoms. The standard InChI is InChI=1S/C19H16N2O6S2/c22-19(27-13-15-5-1-2-9-18(15)21(23)24)14-6-3-8-17(11-14)29(25,26)20-12-16-7-4-10-28-16/h1-11,20H,12-13H2. The smallest absolute Gasteiger partial charge is 0.338 e. The maximum absolute atomic E-state index is 12.5. The van der Waals surface area contributed by atoms with Crippen molar-refractivity contribution in [3.8, 4) is 0 Å². The molecular formula is C19H16N2O6S2. The number of esters is 1. The number of sulfonamides is 1. The van der Waals surface area contributed by atoms with Crippen molar-refractivity contribution in [2.75, 3.05) is 0 Å². The van der Waals surface area contributed by atoms with E-state index >= 15 is 0 Å². The van der Waals surface area contributed by atoms with Crippen LogP contribution in [0.4, 0.5) is 5.69 Å². The van der Waals surface area contributed by atoms with Crippen molar-refractivity contribution in [1.29, 1.82) is 0 Å². The molecule has 8 nitrogen and oxygen atoms in total. The number of nitrogens with zero attached hydrogens (tertiary/aromatic N) is 1. The second-order valence-electron chi connectivity index (χ2n) is 5.89. The lowest BCUT2D eigenvalue weighted by atomic mass is 10.2. The second-order valence-corrected chi connectivity index (χ2v) is 8.69. The third-order valence-electron chi connectivity index (χ3n) is 3.94. The van der Waals surface area contributed by atoms with Crippen molar-refractivity contribution in [1.82, 2.24) is 4.72 Å². The lowest BCUT2D eigenvalue weighted by Crippen LogP contribution is -2.23. The van der Waals surface area contributed by atoms with Crippen LogP contribution in [-0.4, -0.2) is 19.3 Å². The summed E-state index contributed by atoms with van der Waals surface area (Å²) in [6.07, 6.45) is 0. The third kappa shape index (κ3) is 5.25. The highest BCUT2D eigenvalue weighted by Crippen LogP contribution is 2.20. The van der Waals surface area contributed by atoms with Crippen LogP contribution in [-0.2, 0) is 27.9 Å². The predicted molar refractivity (Wildman–Crippen MR) is 107 cm³/mol. The number of ether oxygens (including phenoxy) is 1. The summed E-state index contributed by atoms with van der Waals surface area (Å²) in [4.78, 5) is 23.6. The zero-order valence-corrected chi connectivity index (χ0v) is 16.6. The first kappa shape index (κ1) is 20.6. The second kappa shape index (κ2) is 8.95. The van der Waals surface area contributed by atoms with Gasteiger partial charge in [0.1, 0.15) is 6.61 Å². The van der Waals surface area contributed by atoms with Gasteiger partial charge in [-0.25, -0.2) is 17.9 Å². The van der Waals surface area contributed by atoms with Gasteiger partial charge in [0, 0.05) is 17.5 Å². The van der Waals surface area contributed by atoms with Gasteiger partial charge in [-0.15, -0.1) is 11.3 Å². The number of nitro groups is 1. The summed E-state index contributed by atoms with van der Waals surface area (Å²) in [5.74, 6) is -0.779. The number of nitrogens with one attached hydrogen (secondary N) is 1. The number of hydrogen-bond acceptors (Lipinski definition) is 7. The van der Waals surface area contributed by atoms with Gasteiger partial charge >= 0.3 is 5.97 Å². The van der Waals surface area contributed by atoms with Crippen molar-refractivity contribution in [3.05, 3.63) is 92.2 Å². The first-order valence-electron chi connectivity index (χ1n) is 8.38. The molecule has 1 heterocycles. The number of nitro benzene ring substituents is 1. The Morgan fingerprint density at radius 2 is 1.90 bits per heavy atom. The zero-order chi connectivity index (χ0) is 20.9. The van der Waals surface area contributed by atoms with E-state index in [-0.39, 0.29) is 34.9 Å². The number of benzene rings is 2. The highest BCUT2D eigenvalue weighted by Gasteiger charge is 2.18. The first-order chi connectivity index (χ1) is 13.9. The number of para-hydroxylation sites is 1. The Hall–Kier alpha value is -3.08. The van der Waals surface area contributed by atoms with Crippen molar-refractivity contribution >= 4 is 33.0 Å². The number of carbonyl (C=O) groups is 1. The fourth-order valence-corrected chi connectivity index (χ4v) is 4.28. The van der Waals surface area contributed by atoms with Gasteiger partial charge in [-0.05, 0) is 35.7 Å². The van der Waals surface area contributed by atoms with Crippen LogP contribution in [0, 0.1) is 10.1 Å². The molecule has 3 rings (SSSR count). The van der Waals surface area contributed by atoms with Crippen molar-refractivity contribution in [2.24, 2.45) is 0 Å². The lowest BCUT2D eigenvalue weighted by Gasteiger charge is -2.09. The normalized spacial score (nSPS) is 11.2. The maximum Gasteiger partial charge on any atom is 0.338 e. The predicted octanol–water partition coefficient (Wildman–Crippen LogP) is 3.49. The molecule has 0 fully saturated rings. The van der Waals surface area contributed by atoms with Gasteiger partial charge in [0.2, 0.25) is 10.0 Å². The molecule has 10 heteroatoms. The average molecular weight is 432 g/mol. The molecule has 0 unspecified atom stereocenters. The molecule has 0 amide bonds. The van der Waals surface area contributed by atoms with Crippen LogP contribution in [0.2, 0.25) is 0 Å². The Balaban J connectivity index is 1.70. The van der Waals surface area contributed by atoms with E-state index in [4.69, 9.17) is 4.74 Å². The van der Waals surface area contributed by atoms with E-state index in [9.17, 15) is 23.3 Å². The van der Waals surface area contributed by atoms with E-state index in [0.717, 1.165) is 4.88 Å². The molecule has 1 aromatic heterocycles. The van der Waals surface area contributed by atoms with E-state index < -0.39 is 20.9 Å². The highest BCUT2D eigenvalue weighted by atomic mass is 32.2. The van der Waals surface area contributed by atoms with E-state index in [1.165, 1.54) is 53.8 Å².